The summed E-state index contributed by atoms with van der Waals surface area (Å²) in [6.07, 6.45) is 3.26. The molecule has 1 aromatic heterocycles. The highest BCUT2D eigenvalue weighted by Gasteiger charge is 2.46. The van der Waals surface area contributed by atoms with E-state index in [0.29, 0.717) is 30.0 Å². The molecule has 3 rings (SSSR count). The molecule has 1 fully saturated rings. The molecule has 1 N–H and O–H groups in total. The third-order valence-electron chi connectivity index (χ3n) is 5.43. The molecule has 1 aromatic carbocycles. The number of carbonyl (C=O) groups excluding carboxylic acids is 2. The van der Waals surface area contributed by atoms with Crippen LogP contribution < -0.4 is 4.74 Å². The normalized spacial score (nSPS) is 18.3. The quantitative estimate of drug-likeness (QED) is 0.410. The summed E-state index contributed by atoms with van der Waals surface area (Å²) in [7, 11) is 1.53. The van der Waals surface area contributed by atoms with Crippen LogP contribution in [0.5, 0.6) is 5.75 Å². The van der Waals surface area contributed by atoms with E-state index in [-0.39, 0.29) is 11.3 Å². The number of ether oxygens (including phenoxy) is 1. The van der Waals surface area contributed by atoms with Gasteiger partial charge < -0.3 is 19.6 Å². The lowest BCUT2D eigenvalue weighted by molar-refractivity contribution is -0.140. The Balaban J connectivity index is 2.08. The van der Waals surface area contributed by atoms with Crippen molar-refractivity contribution in [1.29, 1.82) is 0 Å². The van der Waals surface area contributed by atoms with E-state index in [1.54, 1.807) is 42.7 Å². The number of rotatable bonds is 8. The molecule has 7 heteroatoms. The number of likely N-dealkylation sites (N-methyl/N-ethyl adjacent to an activating group) is 1. The summed E-state index contributed by atoms with van der Waals surface area (Å²) in [6, 6.07) is 9.67. The maximum absolute atomic E-state index is 13.0. The second-order valence-electron chi connectivity index (χ2n) is 7.04. The number of pyridine rings is 1. The van der Waals surface area contributed by atoms with Crippen molar-refractivity contribution < 1.29 is 19.4 Å². The highest BCUT2D eigenvalue weighted by molar-refractivity contribution is 6.46. The summed E-state index contributed by atoms with van der Waals surface area (Å²) < 4.78 is 5.23. The molecule has 1 aliphatic heterocycles. The molecule has 0 bridgehead atoms. The van der Waals surface area contributed by atoms with E-state index in [9.17, 15) is 14.7 Å². The molecule has 0 spiro atoms. The molecule has 7 nitrogen and oxygen atoms in total. The van der Waals surface area contributed by atoms with Crippen LogP contribution >= 0.6 is 0 Å². The number of methoxy groups -OCH3 is 1. The topological polar surface area (TPSA) is 83.0 Å². The molecule has 0 unspecified atom stereocenters. The lowest BCUT2D eigenvalue weighted by Gasteiger charge is -2.28. The van der Waals surface area contributed by atoms with Crippen LogP contribution in [0.1, 0.15) is 31.0 Å². The van der Waals surface area contributed by atoms with Crippen molar-refractivity contribution in [2.45, 2.75) is 19.9 Å². The number of aromatic nitrogens is 1. The summed E-state index contributed by atoms with van der Waals surface area (Å²) in [6.45, 7) is 6.82. The van der Waals surface area contributed by atoms with Gasteiger partial charge in [0.2, 0.25) is 0 Å². The molecular weight excluding hydrogens is 382 g/mol. The summed E-state index contributed by atoms with van der Waals surface area (Å²) >= 11 is 0. The van der Waals surface area contributed by atoms with Crippen molar-refractivity contribution in [3.05, 3.63) is 65.5 Å². The van der Waals surface area contributed by atoms with Gasteiger partial charge in [-0.1, -0.05) is 32.0 Å². The van der Waals surface area contributed by atoms with Crippen LogP contribution in [0.2, 0.25) is 0 Å². The van der Waals surface area contributed by atoms with Crippen LogP contribution in [0, 0.1) is 0 Å². The van der Waals surface area contributed by atoms with Gasteiger partial charge in [-0.15, -0.1) is 0 Å². The van der Waals surface area contributed by atoms with Gasteiger partial charge in [-0.25, -0.2) is 0 Å². The maximum Gasteiger partial charge on any atom is 0.295 e. The van der Waals surface area contributed by atoms with E-state index in [2.05, 4.69) is 23.7 Å². The van der Waals surface area contributed by atoms with E-state index >= 15 is 0 Å². The van der Waals surface area contributed by atoms with E-state index in [1.165, 1.54) is 12.0 Å². The zero-order chi connectivity index (χ0) is 21.7. The number of hydrogen-bond acceptors (Lipinski definition) is 6. The largest absolute Gasteiger partial charge is 0.507 e. The van der Waals surface area contributed by atoms with Crippen molar-refractivity contribution in [3.63, 3.8) is 0 Å². The first kappa shape index (κ1) is 21.5. The van der Waals surface area contributed by atoms with Gasteiger partial charge in [0.25, 0.3) is 11.7 Å². The standard InChI is InChI=1S/C23H27N3O4/c1-4-25(5-2)12-13-26-20(17-9-7-11-24-15-17)19(22(28)23(26)29)21(27)16-8-6-10-18(14-16)30-3/h6-11,14-15,20,27H,4-5,12-13H2,1-3H3/b21-19+/t20-/m1/s1. The van der Waals surface area contributed by atoms with E-state index in [4.69, 9.17) is 4.74 Å². The molecule has 0 saturated carbocycles. The van der Waals surface area contributed by atoms with E-state index in [1.807, 2.05) is 6.07 Å². The lowest BCUT2D eigenvalue weighted by atomic mass is 9.96. The van der Waals surface area contributed by atoms with Gasteiger partial charge in [-0.3, -0.25) is 14.6 Å². The average molecular weight is 409 g/mol. The fourth-order valence-corrected chi connectivity index (χ4v) is 3.71. The fraction of sp³-hybridized carbons (Fsp3) is 0.348. The molecule has 1 atom stereocenters. The predicted molar refractivity (Wildman–Crippen MR) is 114 cm³/mol. The molecule has 2 heterocycles. The zero-order valence-electron chi connectivity index (χ0n) is 17.5. The monoisotopic (exact) mass is 409 g/mol. The molecule has 0 aliphatic carbocycles. The van der Waals surface area contributed by atoms with Gasteiger partial charge in [0.05, 0.1) is 18.7 Å². The number of carbonyl (C=O) groups is 2. The van der Waals surface area contributed by atoms with Crippen LogP contribution in [0.25, 0.3) is 5.76 Å². The average Bonchev–Trinajstić information content (AvgIpc) is 3.04. The number of ketones is 1. The third kappa shape index (κ3) is 4.21. The number of amides is 1. The van der Waals surface area contributed by atoms with Gasteiger partial charge in [-0.2, -0.15) is 0 Å². The van der Waals surface area contributed by atoms with Gasteiger partial charge in [0.1, 0.15) is 11.5 Å². The second kappa shape index (κ2) is 9.54. The van der Waals surface area contributed by atoms with Crippen molar-refractivity contribution in [1.82, 2.24) is 14.8 Å². The highest BCUT2D eigenvalue weighted by atomic mass is 16.5. The number of likely N-dealkylation sites (tertiary alicyclic amines) is 1. The Kier molecular flexibility index (Phi) is 6.84. The van der Waals surface area contributed by atoms with Crippen molar-refractivity contribution >= 4 is 17.4 Å². The molecular formula is C23H27N3O4. The highest BCUT2D eigenvalue weighted by Crippen LogP contribution is 2.39. The minimum absolute atomic E-state index is 0.0702. The zero-order valence-corrected chi connectivity index (χ0v) is 17.5. The Morgan fingerprint density at radius 2 is 1.97 bits per heavy atom. The minimum Gasteiger partial charge on any atom is -0.507 e. The van der Waals surface area contributed by atoms with Crippen LogP contribution in [-0.4, -0.2) is 64.9 Å². The second-order valence-corrected chi connectivity index (χ2v) is 7.04. The summed E-state index contributed by atoms with van der Waals surface area (Å²) in [5.74, 6) is -0.969. The van der Waals surface area contributed by atoms with Crippen LogP contribution in [0.4, 0.5) is 0 Å². The Morgan fingerprint density at radius 3 is 2.60 bits per heavy atom. The van der Waals surface area contributed by atoms with E-state index < -0.39 is 17.7 Å². The van der Waals surface area contributed by atoms with Crippen molar-refractivity contribution in [3.8, 4) is 5.75 Å². The molecule has 30 heavy (non-hydrogen) atoms. The third-order valence-corrected chi connectivity index (χ3v) is 5.43. The Labute approximate surface area is 176 Å². The molecule has 0 radical (unpaired) electrons. The fourth-order valence-electron chi connectivity index (χ4n) is 3.71. The Bertz CT molecular complexity index is 938. The van der Waals surface area contributed by atoms with Gasteiger partial charge >= 0.3 is 0 Å². The minimum atomic E-state index is -0.694. The predicted octanol–water partition coefficient (Wildman–Crippen LogP) is 2.85. The number of benzene rings is 1. The number of nitrogens with zero attached hydrogens (tertiary/aromatic N) is 3. The van der Waals surface area contributed by atoms with Gasteiger partial charge in [0, 0.05) is 31.0 Å². The first-order valence-electron chi connectivity index (χ1n) is 10.1. The summed E-state index contributed by atoms with van der Waals surface area (Å²) in [4.78, 5) is 33.8. The van der Waals surface area contributed by atoms with Crippen LogP contribution in [0.3, 0.4) is 0 Å². The Morgan fingerprint density at radius 1 is 1.20 bits per heavy atom. The molecule has 1 aliphatic rings. The molecule has 1 saturated heterocycles. The molecule has 2 aromatic rings. The maximum atomic E-state index is 13.0. The number of hydrogen-bond donors (Lipinski definition) is 1. The van der Waals surface area contributed by atoms with Crippen molar-refractivity contribution in [2.24, 2.45) is 0 Å². The first-order valence-corrected chi connectivity index (χ1v) is 10.1. The number of Topliss-reactive ketones (excluding diaryl/α,β-unsaturated/α-hetero) is 1. The summed E-state index contributed by atoms with van der Waals surface area (Å²) in [5.41, 5.74) is 1.17. The smallest absolute Gasteiger partial charge is 0.295 e. The lowest BCUT2D eigenvalue weighted by Crippen LogP contribution is -2.38. The van der Waals surface area contributed by atoms with Crippen LogP contribution in [-0.2, 0) is 9.59 Å². The van der Waals surface area contributed by atoms with E-state index in [0.717, 1.165) is 13.1 Å². The summed E-state index contributed by atoms with van der Waals surface area (Å²) in [5, 5.41) is 11.0. The number of aliphatic hydroxyl groups excluding tert-OH is 1. The molecule has 1 amide bonds. The van der Waals surface area contributed by atoms with Crippen molar-refractivity contribution in [2.75, 3.05) is 33.3 Å². The van der Waals surface area contributed by atoms with Gasteiger partial charge in [-0.05, 0) is 36.9 Å². The van der Waals surface area contributed by atoms with Crippen LogP contribution in [0.15, 0.2) is 54.4 Å². The SMILES string of the molecule is CCN(CC)CCN1C(=O)C(=O)/C(=C(/O)c2cccc(OC)c2)[C@H]1c1cccnc1. The Hall–Kier alpha value is -3.19. The van der Waals surface area contributed by atoms with Gasteiger partial charge in [0.15, 0.2) is 0 Å². The first-order chi connectivity index (χ1) is 14.5. The number of aliphatic hydroxyl groups is 1. The molecule has 158 valence electrons.